The Bertz CT molecular complexity index is 378. The first-order valence-electron chi connectivity index (χ1n) is 5.09. The van der Waals surface area contributed by atoms with Crippen molar-refractivity contribution < 1.29 is 14.3 Å². The van der Waals surface area contributed by atoms with Gasteiger partial charge in [0.25, 0.3) is 0 Å². The Morgan fingerprint density at radius 1 is 1.40 bits per heavy atom. The normalized spacial score (nSPS) is 34.8. The van der Waals surface area contributed by atoms with Crippen molar-refractivity contribution in [2.24, 2.45) is 11.3 Å². The smallest absolute Gasteiger partial charge is 0.204 e. The van der Waals surface area contributed by atoms with Gasteiger partial charge in [0, 0.05) is 17.4 Å². The van der Waals surface area contributed by atoms with Crippen molar-refractivity contribution in [3.63, 3.8) is 0 Å². The summed E-state index contributed by atoms with van der Waals surface area (Å²) in [6.07, 6.45) is 6.58. The minimum absolute atomic E-state index is 0.0123. The molecule has 0 N–H and O–H groups in total. The first-order valence-corrected chi connectivity index (χ1v) is 5.09. The fourth-order valence-electron chi connectivity index (χ4n) is 2.37. The van der Waals surface area contributed by atoms with Crippen molar-refractivity contribution in [3.05, 3.63) is 24.0 Å². The maximum atomic E-state index is 12.1. The highest BCUT2D eigenvalue weighted by molar-refractivity contribution is 6.11. The van der Waals surface area contributed by atoms with E-state index in [0.29, 0.717) is 12.8 Å². The van der Waals surface area contributed by atoms with Crippen LogP contribution in [0, 0.1) is 11.3 Å². The van der Waals surface area contributed by atoms with Gasteiger partial charge in [-0.2, -0.15) is 0 Å². The van der Waals surface area contributed by atoms with Crippen LogP contribution in [0.1, 0.15) is 19.8 Å². The number of carbonyl (C=O) groups excluding carboxylic acids is 2. The molecule has 3 nitrogen and oxygen atoms in total. The van der Waals surface area contributed by atoms with Crippen LogP contribution < -0.4 is 0 Å². The number of carbonyl (C=O) groups is 2. The number of hydrogen-bond acceptors (Lipinski definition) is 3. The molecular formula is C12H14O3. The topological polar surface area (TPSA) is 43.4 Å². The molecule has 2 rings (SSSR count). The molecule has 0 amide bonds. The molecule has 0 aromatic carbocycles. The van der Waals surface area contributed by atoms with E-state index >= 15 is 0 Å². The van der Waals surface area contributed by atoms with Crippen molar-refractivity contribution >= 4 is 11.6 Å². The molecule has 0 radical (unpaired) electrons. The van der Waals surface area contributed by atoms with Crippen LogP contribution in [0.5, 0.6) is 0 Å². The highest BCUT2D eigenvalue weighted by atomic mass is 16.5. The largest absolute Gasteiger partial charge is 0.493 e. The summed E-state index contributed by atoms with van der Waals surface area (Å²) in [6.45, 7) is 1.85. The first-order chi connectivity index (χ1) is 7.09. The van der Waals surface area contributed by atoms with Crippen LogP contribution in [0.4, 0.5) is 0 Å². The van der Waals surface area contributed by atoms with Crippen LogP contribution >= 0.6 is 0 Å². The number of hydrogen-bond donors (Lipinski definition) is 0. The zero-order valence-corrected chi connectivity index (χ0v) is 8.95. The van der Waals surface area contributed by atoms with Crippen molar-refractivity contribution in [1.29, 1.82) is 0 Å². The van der Waals surface area contributed by atoms with Crippen molar-refractivity contribution in [2.75, 3.05) is 7.11 Å². The molecule has 2 atom stereocenters. The monoisotopic (exact) mass is 206 g/mol. The number of Topliss-reactive ketones (excluding diaryl/α,β-unsaturated/α-hetero) is 1. The van der Waals surface area contributed by atoms with Gasteiger partial charge in [0.1, 0.15) is 0 Å². The lowest BCUT2D eigenvalue weighted by Crippen LogP contribution is -2.45. The van der Waals surface area contributed by atoms with E-state index in [2.05, 4.69) is 0 Å². The Labute approximate surface area is 88.8 Å². The predicted octanol–water partition coefficient (Wildman–Crippen LogP) is 1.64. The zero-order valence-electron chi connectivity index (χ0n) is 8.95. The number of ketones is 2. The second kappa shape index (κ2) is 3.33. The SMILES string of the molecule is COC1=CC(=O)[C@H]2CC=CC[C@@]2(C)C1=O. The third kappa shape index (κ3) is 1.34. The molecule has 0 fully saturated rings. The highest BCUT2D eigenvalue weighted by Gasteiger charge is 2.49. The molecule has 3 heteroatoms. The molecule has 15 heavy (non-hydrogen) atoms. The zero-order chi connectivity index (χ0) is 11.1. The fourth-order valence-corrected chi connectivity index (χ4v) is 2.37. The van der Waals surface area contributed by atoms with Gasteiger partial charge in [-0.05, 0) is 12.8 Å². The number of ether oxygens (including phenoxy) is 1. The molecule has 80 valence electrons. The Morgan fingerprint density at radius 2 is 2.13 bits per heavy atom. The standard InChI is InChI=1S/C12H14O3/c1-12-6-4-3-5-8(12)9(13)7-10(15-2)11(12)14/h3-4,7-8H,5-6H2,1-2H3/t8-,12-/m1/s1. The Morgan fingerprint density at radius 3 is 2.80 bits per heavy atom. The summed E-state index contributed by atoms with van der Waals surface area (Å²) in [4.78, 5) is 23.9. The van der Waals surface area contributed by atoms with E-state index in [4.69, 9.17) is 4.74 Å². The van der Waals surface area contributed by atoms with Crippen molar-refractivity contribution in [2.45, 2.75) is 19.8 Å². The van der Waals surface area contributed by atoms with E-state index in [9.17, 15) is 9.59 Å². The molecule has 0 unspecified atom stereocenters. The van der Waals surface area contributed by atoms with Gasteiger partial charge in [0.05, 0.1) is 7.11 Å². The third-order valence-electron chi connectivity index (χ3n) is 3.43. The molecule has 0 saturated carbocycles. The minimum atomic E-state index is -0.591. The lowest BCUT2D eigenvalue weighted by atomic mass is 9.63. The third-order valence-corrected chi connectivity index (χ3v) is 3.43. The minimum Gasteiger partial charge on any atom is -0.493 e. The molecular weight excluding hydrogens is 192 g/mol. The van der Waals surface area contributed by atoms with Crippen LogP contribution in [0.2, 0.25) is 0 Å². The Hall–Kier alpha value is -1.38. The second-order valence-electron chi connectivity index (χ2n) is 4.33. The van der Waals surface area contributed by atoms with Crippen LogP contribution in [0.25, 0.3) is 0 Å². The summed E-state index contributed by atoms with van der Waals surface area (Å²) in [5, 5.41) is 0. The van der Waals surface area contributed by atoms with E-state index in [1.807, 2.05) is 19.1 Å². The number of rotatable bonds is 1. The van der Waals surface area contributed by atoms with Gasteiger partial charge < -0.3 is 4.74 Å². The average Bonchev–Trinajstić information content (AvgIpc) is 2.24. The van der Waals surface area contributed by atoms with Gasteiger partial charge in [0.2, 0.25) is 5.78 Å². The fraction of sp³-hybridized carbons (Fsp3) is 0.500. The quantitative estimate of drug-likeness (QED) is 0.612. The highest BCUT2D eigenvalue weighted by Crippen LogP contribution is 2.43. The second-order valence-corrected chi connectivity index (χ2v) is 4.33. The maximum absolute atomic E-state index is 12.1. The van der Waals surface area contributed by atoms with Crippen molar-refractivity contribution in [3.8, 4) is 0 Å². The number of allylic oxidation sites excluding steroid dienone is 4. The van der Waals surface area contributed by atoms with E-state index in [0.717, 1.165) is 0 Å². The maximum Gasteiger partial charge on any atom is 0.204 e. The lowest BCUT2D eigenvalue weighted by molar-refractivity contribution is -0.139. The summed E-state index contributed by atoms with van der Waals surface area (Å²) in [5.74, 6) is -0.0276. The first kappa shape index (κ1) is 10.1. The van der Waals surface area contributed by atoms with Gasteiger partial charge >= 0.3 is 0 Å². The van der Waals surface area contributed by atoms with Gasteiger partial charge in [-0.3, -0.25) is 9.59 Å². The van der Waals surface area contributed by atoms with Crippen LogP contribution in [-0.4, -0.2) is 18.7 Å². The van der Waals surface area contributed by atoms with E-state index in [1.165, 1.54) is 13.2 Å². The summed E-state index contributed by atoms with van der Waals surface area (Å²) in [6, 6.07) is 0. The molecule has 0 aliphatic heterocycles. The summed E-state index contributed by atoms with van der Waals surface area (Å²) >= 11 is 0. The van der Waals surface area contributed by atoms with Crippen molar-refractivity contribution in [1.82, 2.24) is 0 Å². The summed E-state index contributed by atoms with van der Waals surface area (Å²) in [7, 11) is 1.43. The molecule has 0 saturated heterocycles. The van der Waals surface area contributed by atoms with Crippen LogP contribution in [-0.2, 0) is 14.3 Å². The number of methoxy groups -OCH3 is 1. The Kier molecular flexibility index (Phi) is 2.25. The lowest BCUT2D eigenvalue weighted by Gasteiger charge is -2.38. The van der Waals surface area contributed by atoms with Gasteiger partial charge in [-0.1, -0.05) is 19.1 Å². The predicted molar refractivity (Wildman–Crippen MR) is 55.1 cm³/mol. The molecule has 0 spiro atoms. The molecule has 2 aliphatic rings. The number of fused-ring (bicyclic) bond motifs is 1. The summed E-state index contributed by atoms with van der Waals surface area (Å²) < 4.78 is 4.95. The summed E-state index contributed by atoms with van der Waals surface area (Å²) in [5.41, 5.74) is -0.591. The van der Waals surface area contributed by atoms with Gasteiger partial charge in [-0.15, -0.1) is 0 Å². The van der Waals surface area contributed by atoms with Crippen LogP contribution in [0.15, 0.2) is 24.0 Å². The van der Waals surface area contributed by atoms with E-state index < -0.39 is 5.41 Å². The van der Waals surface area contributed by atoms with E-state index in [1.54, 1.807) is 0 Å². The van der Waals surface area contributed by atoms with Gasteiger partial charge in [0.15, 0.2) is 11.5 Å². The van der Waals surface area contributed by atoms with Crippen LogP contribution in [0.3, 0.4) is 0 Å². The molecule has 0 aromatic rings. The van der Waals surface area contributed by atoms with Gasteiger partial charge in [-0.25, -0.2) is 0 Å². The van der Waals surface area contributed by atoms with E-state index in [-0.39, 0.29) is 23.2 Å². The Balaban J connectivity index is 2.46. The molecule has 0 heterocycles. The molecule has 2 aliphatic carbocycles. The molecule has 0 aromatic heterocycles. The average molecular weight is 206 g/mol. The molecule has 0 bridgehead atoms.